The zero-order chi connectivity index (χ0) is 20.1. The van der Waals surface area contributed by atoms with Gasteiger partial charge in [0.1, 0.15) is 11.6 Å². The van der Waals surface area contributed by atoms with Crippen LogP contribution in [0.1, 0.15) is 5.56 Å². The Hall–Kier alpha value is -4.24. The summed E-state index contributed by atoms with van der Waals surface area (Å²) in [6.45, 7) is 0. The third kappa shape index (κ3) is 4.37. The summed E-state index contributed by atoms with van der Waals surface area (Å²) in [7, 11) is 0. The van der Waals surface area contributed by atoms with E-state index in [4.69, 9.17) is 5.26 Å². The predicted molar refractivity (Wildman–Crippen MR) is 112 cm³/mol. The summed E-state index contributed by atoms with van der Waals surface area (Å²) >= 11 is 0. The molecule has 0 saturated heterocycles. The van der Waals surface area contributed by atoms with Gasteiger partial charge < -0.3 is 10.6 Å². The van der Waals surface area contributed by atoms with Crippen molar-refractivity contribution >= 4 is 23.1 Å². The Morgan fingerprint density at radius 3 is 2.38 bits per heavy atom. The van der Waals surface area contributed by atoms with E-state index in [0.29, 0.717) is 17.1 Å². The van der Waals surface area contributed by atoms with Crippen molar-refractivity contribution in [2.24, 2.45) is 0 Å². The topological polar surface area (TPSA) is 73.6 Å². The molecule has 0 spiro atoms. The van der Waals surface area contributed by atoms with Gasteiger partial charge in [-0.05, 0) is 30.3 Å². The summed E-state index contributed by atoms with van der Waals surface area (Å²) in [4.78, 5) is 9.00. The average Bonchev–Trinajstić information content (AvgIpc) is 2.76. The Morgan fingerprint density at radius 1 is 0.793 bits per heavy atom. The van der Waals surface area contributed by atoms with Crippen molar-refractivity contribution < 1.29 is 4.39 Å². The van der Waals surface area contributed by atoms with Crippen molar-refractivity contribution in [1.82, 2.24) is 9.97 Å². The normalized spacial score (nSPS) is 10.2. The fourth-order valence-electron chi connectivity index (χ4n) is 2.82. The van der Waals surface area contributed by atoms with Gasteiger partial charge in [-0.25, -0.2) is 9.37 Å². The lowest BCUT2D eigenvalue weighted by atomic mass is 10.1. The molecule has 3 aromatic carbocycles. The first-order valence-electron chi connectivity index (χ1n) is 8.94. The lowest BCUT2D eigenvalue weighted by Crippen LogP contribution is -2.03. The molecular weight excluding hydrogens is 365 g/mol. The molecule has 0 bridgehead atoms. The first-order valence-corrected chi connectivity index (χ1v) is 8.94. The van der Waals surface area contributed by atoms with Crippen LogP contribution in [0.2, 0.25) is 0 Å². The monoisotopic (exact) mass is 381 g/mol. The van der Waals surface area contributed by atoms with E-state index < -0.39 is 5.82 Å². The number of hydrogen-bond donors (Lipinski definition) is 2. The van der Waals surface area contributed by atoms with Crippen molar-refractivity contribution in [2.45, 2.75) is 0 Å². The Kier molecular flexibility index (Phi) is 5.12. The highest BCUT2D eigenvalue weighted by Gasteiger charge is 2.10. The molecule has 0 aliphatic heterocycles. The Bertz CT molecular complexity index is 1190. The lowest BCUT2D eigenvalue weighted by molar-refractivity contribution is 0.631. The van der Waals surface area contributed by atoms with Gasteiger partial charge in [-0.3, -0.25) is 0 Å². The second kappa shape index (κ2) is 8.19. The molecule has 0 aliphatic rings. The number of nitriles is 1. The molecule has 6 heteroatoms. The van der Waals surface area contributed by atoms with E-state index >= 15 is 0 Å². The molecule has 29 heavy (non-hydrogen) atoms. The summed E-state index contributed by atoms with van der Waals surface area (Å²) < 4.78 is 14.1. The van der Waals surface area contributed by atoms with E-state index in [0.717, 1.165) is 11.3 Å². The molecule has 0 aliphatic carbocycles. The fourth-order valence-corrected chi connectivity index (χ4v) is 2.82. The van der Waals surface area contributed by atoms with Crippen LogP contribution in [-0.2, 0) is 0 Å². The molecule has 0 fully saturated rings. The van der Waals surface area contributed by atoms with Gasteiger partial charge in [0, 0.05) is 17.3 Å². The molecule has 4 rings (SSSR count). The second-order valence-corrected chi connectivity index (χ2v) is 6.25. The van der Waals surface area contributed by atoms with E-state index in [1.807, 2.05) is 36.4 Å². The summed E-state index contributed by atoms with van der Waals surface area (Å²) in [5.41, 5.74) is 3.13. The smallest absolute Gasteiger partial charge is 0.229 e. The van der Waals surface area contributed by atoms with Gasteiger partial charge in [-0.1, -0.05) is 48.5 Å². The van der Waals surface area contributed by atoms with E-state index in [1.165, 1.54) is 6.07 Å². The maximum Gasteiger partial charge on any atom is 0.229 e. The van der Waals surface area contributed by atoms with Gasteiger partial charge in [-0.2, -0.15) is 10.2 Å². The van der Waals surface area contributed by atoms with Gasteiger partial charge in [0.2, 0.25) is 5.95 Å². The first kappa shape index (κ1) is 18.1. The number of aromatic nitrogens is 2. The van der Waals surface area contributed by atoms with Crippen molar-refractivity contribution in [1.29, 1.82) is 5.26 Å². The van der Waals surface area contributed by atoms with Gasteiger partial charge in [0.05, 0.1) is 23.0 Å². The molecule has 140 valence electrons. The van der Waals surface area contributed by atoms with Crippen LogP contribution in [0.15, 0.2) is 84.9 Å². The van der Waals surface area contributed by atoms with Gasteiger partial charge >= 0.3 is 0 Å². The molecule has 4 aromatic rings. The van der Waals surface area contributed by atoms with Crippen molar-refractivity contribution in [3.63, 3.8) is 0 Å². The number of rotatable bonds is 5. The van der Waals surface area contributed by atoms with E-state index in [-0.39, 0.29) is 11.6 Å². The molecular formula is C23H16FN5. The summed E-state index contributed by atoms with van der Waals surface area (Å²) in [6, 6.07) is 27.0. The zero-order valence-electron chi connectivity index (χ0n) is 15.3. The Balaban J connectivity index is 1.73. The van der Waals surface area contributed by atoms with Gasteiger partial charge in [0.25, 0.3) is 0 Å². The first-order chi connectivity index (χ1) is 14.2. The van der Waals surface area contributed by atoms with Gasteiger partial charge in [0.15, 0.2) is 0 Å². The van der Waals surface area contributed by atoms with E-state index in [9.17, 15) is 4.39 Å². The highest BCUT2D eigenvalue weighted by atomic mass is 19.1. The molecule has 1 aromatic heterocycles. The number of halogens is 1. The number of anilines is 4. The van der Waals surface area contributed by atoms with E-state index in [2.05, 4.69) is 26.7 Å². The highest BCUT2D eigenvalue weighted by molar-refractivity contribution is 5.69. The average molecular weight is 381 g/mol. The summed E-state index contributed by atoms with van der Waals surface area (Å²) in [5.74, 6) is 0.389. The largest absolute Gasteiger partial charge is 0.340 e. The van der Waals surface area contributed by atoms with Crippen LogP contribution in [0.25, 0.3) is 11.3 Å². The molecule has 2 N–H and O–H groups in total. The second-order valence-electron chi connectivity index (χ2n) is 6.25. The predicted octanol–water partition coefficient (Wildman–Crippen LogP) is 5.64. The number of benzene rings is 3. The van der Waals surface area contributed by atoms with Crippen LogP contribution in [0.3, 0.4) is 0 Å². The quantitative estimate of drug-likeness (QED) is 0.468. The number of nitrogens with zero attached hydrogens (tertiary/aromatic N) is 3. The third-order valence-electron chi connectivity index (χ3n) is 4.18. The van der Waals surface area contributed by atoms with Crippen LogP contribution in [-0.4, -0.2) is 9.97 Å². The molecule has 0 radical (unpaired) electrons. The Morgan fingerprint density at radius 2 is 1.59 bits per heavy atom. The molecule has 1 heterocycles. The zero-order valence-corrected chi connectivity index (χ0v) is 15.3. The lowest BCUT2D eigenvalue weighted by Gasteiger charge is -2.12. The molecule has 0 saturated carbocycles. The van der Waals surface area contributed by atoms with Gasteiger partial charge in [-0.15, -0.1) is 0 Å². The van der Waals surface area contributed by atoms with Crippen LogP contribution >= 0.6 is 0 Å². The fraction of sp³-hybridized carbons (Fsp3) is 0. The number of nitrogens with one attached hydrogen (secondary N) is 2. The van der Waals surface area contributed by atoms with Crippen molar-refractivity contribution in [2.75, 3.05) is 10.6 Å². The standard InChI is InChI=1S/C23H16FN5/c24-19-11-4-5-12-20(19)27-23-28-21(17-8-2-1-3-9-17)14-22(29-23)26-18-10-6-7-16(13-18)15-25/h1-14H,(H2,26,27,28,29). The number of hydrogen-bond acceptors (Lipinski definition) is 5. The molecule has 0 atom stereocenters. The van der Waals surface area contributed by atoms with E-state index in [1.54, 1.807) is 42.5 Å². The molecule has 0 amide bonds. The minimum Gasteiger partial charge on any atom is -0.340 e. The molecule has 5 nitrogen and oxygen atoms in total. The minimum atomic E-state index is -0.391. The van der Waals surface area contributed by atoms with Crippen LogP contribution in [0, 0.1) is 17.1 Å². The van der Waals surface area contributed by atoms with Crippen molar-refractivity contribution in [3.05, 3.63) is 96.3 Å². The van der Waals surface area contributed by atoms with Crippen LogP contribution < -0.4 is 10.6 Å². The summed E-state index contributed by atoms with van der Waals surface area (Å²) in [5, 5.41) is 15.2. The summed E-state index contributed by atoms with van der Waals surface area (Å²) in [6.07, 6.45) is 0. The maximum absolute atomic E-state index is 14.1. The maximum atomic E-state index is 14.1. The highest BCUT2D eigenvalue weighted by Crippen LogP contribution is 2.26. The van der Waals surface area contributed by atoms with Crippen LogP contribution in [0.4, 0.5) is 27.5 Å². The third-order valence-corrected chi connectivity index (χ3v) is 4.18. The van der Waals surface area contributed by atoms with Crippen molar-refractivity contribution in [3.8, 4) is 17.3 Å². The molecule has 0 unspecified atom stereocenters. The SMILES string of the molecule is N#Cc1cccc(Nc2cc(-c3ccccc3)nc(Nc3ccccc3F)n2)c1. The number of para-hydroxylation sites is 1. The minimum absolute atomic E-state index is 0.260. The Labute approximate surface area is 167 Å². The van der Waals surface area contributed by atoms with Crippen LogP contribution in [0.5, 0.6) is 0 Å².